The van der Waals surface area contributed by atoms with E-state index in [0.29, 0.717) is 35.3 Å². The summed E-state index contributed by atoms with van der Waals surface area (Å²) in [6.45, 7) is 1.04. The van der Waals surface area contributed by atoms with E-state index in [4.69, 9.17) is 22.4 Å². The second-order valence-electron chi connectivity index (χ2n) is 7.23. The van der Waals surface area contributed by atoms with E-state index in [1.807, 2.05) is 65.5 Å². The van der Waals surface area contributed by atoms with Crippen LogP contribution in [-0.2, 0) is 6.54 Å². The summed E-state index contributed by atoms with van der Waals surface area (Å²) in [5.74, 6) is 0.360. The van der Waals surface area contributed by atoms with Crippen molar-refractivity contribution >= 4 is 17.5 Å². The predicted molar refractivity (Wildman–Crippen MR) is 111 cm³/mol. The summed E-state index contributed by atoms with van der Waals surface area (Å²) in [6.07, 6.45) is 4.06. The van der Waals surface area contributed by atoms with E-state index in [9.17, 15) is 4.79 Å². The van der Waals surface area contributed by atoms with Crippen molar-refractivity contribution < 1.29 is 4.79 Å². The number of benzene rings is 2. The van der Waals surface area contributed by atoms with Crippen LogP contribution in [0, 0.1) is 5.92 Å². The van der Waals surface area contributed by atoms with Crippen LogP contribution in [0.2, 0.25) is 5.02 Å². The van der Waals surface area contributed by atoms with E-state index in [1.54, 1.807) is 0 Å². The molecule has 1 aliphatic rings. The number of carbonyl (C=O) groups excluding carboxylic acids is 1. The topological polar surface area (TPSA) is 72.9 Å². The van der Waals surface area contributed by atoms with Crippen LogP contribution in [0.3, 0.4) is 0 Å². The molecule has 1 unspecified atom stereocenters. The Labute approximate surface area is 169 Å². The van der Waals surface area contributed by atoms with Gasteiger partial charge >= 0.3 is 0 Å². The number of halogens is 1. The normalized spacial score (nSPS) is 14.6. The second kappa shape index (κ2) is 8.17. The fourth-order valence-electron chi connectivity index (χ4n) is 3.37. The molecule has 1 atom stereocenters. The summed E-state index contributed by atoms with van der Waals surface area (Å²) in [4.78, 5) is 13.0. The Bertz CT molecular complexity index is 948. The van der Waals surface area contributed by atoms with E-state index in [0.717, 1.165) is 24.0 Å². The highest BCUT2D eigenvalue weighted by Crippen LogP contribution is 2.32. The van der Waals surface area contributed by atoms with Crippen LogP contribution in [0.5, 0.6) is 0 Å². The van der Waals surface area contributed by atoms with Crippen molar-refractivity contribution in [3.05, 3.63) is 76.9 Å². The molecule has 0 bridgehead atoms. The number of rotatable bonds is 7. The Morgan fingerprint density at radius 2 is 1.89 bits per heavy atom. The van der Waals surface area contributed by atoms with Crippen molar-refractivity contribution in [3.8, 4) is 11.3 Å². The number of amides is 1. The number of aromatic nitrogens is 2. The van der Waals surface area contributed by atoms with Gasteiger partial charge in [-0.05, 0) is 36.5 Å². The number of hydrogen-bond donors (Lipinski definition) is 2. The molecule has 1 fully saturated rings. The first-order chi connectivity index (χ1) is 13.6. The van der Waals surface area contributed by atoms with E-state index in [2.05, 4.69) is 5.32 Å². The van der Waals surface area contributed by atoms with Crippen LogP contribution in [0.25, 0.3) is 11.3 Å². The van der Waals surface area contributed by atoms with E-state index in [1.165, 1.54) is 0 Å². The molecule has 144 valence electrons. The number of hydrogen-bond acceptors (Lipinski definition) is 3. The zero-order valence-electron chi connectivity index (χ0n) is 15.5. The molecular weight excluding hydrogens is 372 g/mol. The molecular formula is C22H23ClN4O. The zero-order valence-corrected chi connectivity index (χ0v) is 16.3. The third kappa shape index (κ3) is 4.26. The van der Waals surface area contributed by atoms with Crippen molar-refractivity contribution in [2.75, 3.05) is 6.54 Å². The van der Waals surface area contributed by atoms with Crippen molar-refractivity contribution in [1.82, 2.24) is 15.1 Å². The maximum Gasteiger partial charge on any atom is 0.255 e. The maximum atomic E-state index is 13.0. The van der Waals surface area contributed by atoms with Gasteiger partial charge in [0.1, 0.15) is 5.69 Å². The molecule has 1 saturated carbocycles. The molecule has 5 nitrogen and oxygen atoms in total. The lowest BCUT2D eigenvalue weighted by atomic mass is 10.1. The van der Waals surface area contributed by atoms with Crippen LogP contribution in [0.15, 0.2) is 60.8 Å². The van der Waals surface area contributed by atoms with Crippen molar-refractivity contribution in [1.29, 1.82) is 0 Å². The van der Waals surface area contributed by atoms with E-state index in [-0.39, 0.29) is 11.9 Å². The predicted octanol–water partition coefficient (Wildman–Crippen LogP) is 3.72. The number of nitrogens with one attached hydrogen (secondary N) is 1. The highest BCUT2D eigenvalue weighted by Gasteiger charge is 2.32. The first-order valence-electron chi connectivity index (χ1n) is 9.52. The van der Waals surface area contributed by atoms with Crippen LogP contribution in [-0.4, -0.2) is 28.3 Å². The minimum atomic E-state index is -0.133. The molecule has 1 aromatic heterocycles. The zero-order chi connectivity index (χ0) is 19.5. The van der Waals surface area contributed by atoms with Gasteiger partial charge in [-0.25, -0.2) is 0 Å². The molecule has 3 aromatic rings. The van der Waals surface area contributed by atoms with Gasteiger partial charge in [-0.15, -0.1) is 0 Å². The molecule has 0 aliphatic heterocycles. The first-order valence-corrected chi connectivity index (χ1v) is 9.90. The average molecular weight is 395 g/mol. The van der Waals surface area contributed by atoms with Crippen LogP contribution < -0.4 is 11.1 Å². The quantitative estimate of drug-likeness (QED) is 0.641. The van der Waals surface area contributed by atoms with Gasteiger partial charge in [0.2, 0.25) is 0 Å². The maximum absolute atomic E-state index is 13.0. The molecule has 1 aliphatic carbocycles. The smallest absolute Gasteiger partial charge is 0.255 e. The van der Waals surface area contributed by atoms with Gasteiger partial charge in [-0.2, -0.15) is 5.10 Å². The van der Waals surface area contributed by atoms with E-state index >= 15 is 0 Å². The largest absolute Gasteiger partial charge is 0.348 e. The summed E-state index contributed by atoms with van der Waals surface area (Å²) >= 11 is 6.02. The number of carbonyl (C=O) groups is 1. The Morgan fingerprint density at radius 1 is 1.18 bits per heavy atom. The van der Waals surface area contributed by atoms with Gasteiger partial charge < -0.3 is 11.1 Å². The molecule has 0 radical (unpaired) electrons. The molecule has 4 rings (SSSR count). The lowest BCUT2D eigenvalue weighted by Gasteiger charge is -2.15. The van der Waals surface area contributed by atoms with Crippen molar-refractivity contribution in [3.63, 3.8) is 0 Å². The fraction of sp³-hybridized carbons (Fsp3) is 0.273. The van der Waals surface area contributed by atoms with Gasteiger partial charge in [-0.1, -0.05) is 54.1 Å². The van der Waals surface area contributed by atoms with Crippen molar-refractivity contribution in [2.45, 2.75) is 25.4 Å². The highest BCUT2D eigenvalue weighted by molar-refractivity contribution is 6.30. The summed E-state index contributed by atoms with van der Waals surface area (Å²) in [6, 6.07) is 17.5. The summed E-state index contributed by atoms with van der Waals surface area (Å²) in [5.41, 5.74) is 9.05. The Morgan fingerprint density at radius 3 is 2.54 bits per heavy atom. The molecule has 1 amide bonds. The van der Waals surface area contributed by atoms with Crippen LogP contribution >= 0.6 is 11.6 Å². The highest BCUT2D eigenvalue weighted by atomic mass is 35.5. The first kappa shape index (κ1) is 18.7. The fourth-order valence-corrected chi connectivity index (χ4v) is 3.50. The molecule has 0 spiro atoms. The summed E-state index contributed by atoms with van der Waals surface area (Å²) in [5, 5.41) is 8.45. The summed E-state index contributed by atoms with van der Waals surface area (Å²) < 4.78 is 1.81. The van der Waals surface area contributed by atoms with Gasteiger partial charge in [0.25, 0.3) is 5.91 Å². The third-order valence-electron chi connectivity index (χ3n) is 5.07. The van der Waals surface area contributed by atoms with Gasteiger partial charge in [0.05, 0.1) is 12.1 Å². The minimum absolute atomic E-state index is 0.0167. The molecule has 0 saturated heterocycles. The lowest BCUT2D eigenvalue weighted by Crippen LogP contribution is -2.41. The van der Waals surface area contributed by atoms with Crippen molar-refractivity contribution in [2.24, 2.45) is 11.7 Å². The molecule has 1 heterocycles. The monoisotopic (exact) mass is 394 g/mol. The lowest BCUT2D eigenvalue weighted by molar-refractivity contribution is 0.0934. The second-order valence-corrected chi connectivity index (χ2v) is 7.67. The number of nitrogens with zero attached hydrogens (tertiary/aromatic N) is 2. The molecule has 3 N–H and O–H groups in total. The number of nitrogens with two attached hydrogens (primary N) is 1. The Hall–Kier alpha value is -2.63. The SMILES string of the molecule is NCC(NC(=O)c1cn(Cc2ccccc2)nc1-c1ccc(Cl)cc1)C1CC1. The van der Waals surface area contributed by atoms with E-state index < -0.39 is 0 Å². The van der Waals surface area contributed by atoms with Crippen LogP contribution in [0.4, 0.5) is 0 Å². The van der Waals surface area contributed by atoms with Gasteiger partial charge in [-0.3, -0.25) is 9.48 Å². The average Bonchev–Trinajstić information content (AvgIpc) is 3.47. The minimum Gasteiger partial charge on any atom is -0.348 e. The van der Waals surface area contributed by atoms with Crippen LogP contribution in [0.1, 0.15) is 28.8 Å². The third-order valence-corrected chi connectivity index (χ3v) is 5.32. The van der Waals surface area contributed by atoms with Gasteiger partial charge in [0, 0.05) is 29.4 Å². The standard InChI is InChI=1S/C22H23ClN4O/c23-18-10-8-17(9-11-18)21-19(22(28)25-20(12-24)16-6-7-16)14-27(26-21)13-15-4-2-1-3-5-15/h1-5,8-11,14,16,20H,6-7,12-13,24H2,(H,25,28). The Balaban J connectivity index is 1.65. The summed E-state index contributed by atoms with van der Waals surface area (Å²) in [7, 11) is 0. The molecule has 6 heteroatoms. The van der Waals surface area contributed by atoms with Gasteiger partial charge in [0.15, 0.2) is 0 Å². The molecule has 28 heavy (non-hydrogen) atoms. The Kier molecular flexibility index (Phi) is 5.46. The molecule has 2 aromatic carbocycles.